The van der Waals surface area contributed by atoms with Crippen molar-refractivity contribution < 1.29 is 4.74 Å². The van der Waals surface area contributed by atoms with Gasteiger partial charge in [-0.25, -0.2) is 0 Å². The molecule has 0 amide bonds. The molecular weight excluding hydrogens is 196 g/mol. The maximum absolute atomic E-state index is 5.69. The van der Waals surface area contributed by atoms with Crippen molar-refractivity contribution in [1.29, 1.82) is 0 Å². The minimum Gasteiger partial charge on any atom is -0.496 e. The summed E-state index contributed by atoms with van der Waals surface area (Å²) in [6.07, 6.45) is 2.00. The summed E-state index contributed by atoms with van der Waals surface area (Å²) < 4.78 is 5.36. The molecule has 0 saturated carbocycles. The Morgan fingerprint density at radius 2 is 2.00 bits per heavy atom. The molecule has 0 fully saturated rings. The van der Waals surface area contributed by atoms with Crippen LogP contribution in [0.15, 0.2) is 12.1 Å². The van der Waals surface area contributed by atoms with Crippen molar-refractivity contribution in [2.24, 2.45) is 0 Å². The molecule has 0 spiro atoms. The highest BCUT2D eigenvalue weighted by Crippen LogP contribution is 2.25. The molecule has 0 aliphatic heterocycles. The van der Waals surface area contributed by atoms with Crippen molar-refractivity contribution in [3.05, 3.63) is 28.8 Å². The zero-order chi connectivity index (χ0) is 10.6. The second-order valence-corrected chi connectivity index (χ2v) is 3.93. The zero-order valence-corrected chi connectivity index (χ0v) is 9.82. The molecule has 1 aromatic carbocycles. The van der Waals surface area contributed by atoms with Crippen molar-refractivity contribution in [2.75, 3.05) is 13.0 Å². The first-order chi connectivity index (χ1) is 6.69. The zero-order valence-electron chi connectivity index (χ0n) is 9.06. The van der Waals surface area contributed by atoms with E-state index in [4.69, 9.17) is 16.3 Å². The third kappa shape index (κ3) is 2.65. The van der Waals surface area contributed by atoms with Crippen molar-refractivity contribution >= 4 is 11.6 Å². The van der Waals surface area contributed by atoms with Gasteiger partial charge in [0.25, 0.3) is 0 Å². The summed E-state index contributed by atoms with van der Waals surface area (Å²) in [7, 11) is 1.72. The van der Waals surface area contributed by atoms with Gasteiger partial charge in [0.05, 0.1) is 7.11 Å². The fourth-order valence-corrected chi connectivity index (χ4v) is 1.84. The molecule has 0 aliphatic rings. The lowest BCUT2D eigenvalue weighted by atomic mass is 10.0. The van der Waals surface area contributed by atoms with E-state index in [1.54, 1.807) is 7.11 Å². The summed E-state index contributed by atoms with van der Waals surface area (Å²) in [5.41, 5.74) is 3.83. The number of alkyl halides is 1. The lowest BCUT2D eigenvalue weighted by molar-refractivity contribution is 0.408. The molecule has 0 N–H and O–H groups in total. The second-order valence-electron chi connectivity index (χ2n) is 3.56. The molecule has 0 aromatic heterocycles. The standard InChI is InChI=1S/C12H17ClO/c1-9-7-10(2)11(5-4-6-13)12(8-9)14-3/h7-8H,4-6H2,1-3H3. The normalized spacial score (nSPS) is 10.3. The lowest BCUT2D eigenvalue weighted by Gasteiger charge is -2.12. The second kappa shape index (κ2) is 5.26. The SMILES string of the molecule is COc1cc(C)cc(C)c1CCCCl. The van der Waals surface area contributed by atoms with Gasteiger partial charge in [0.15, 0.2) is 0 Å². The summed E-state index contributed by atoms with van der Waals surface area (Å²) in [5, 5.41) is 0. The molecule has 1 nitrogen and oxygen atoms in total. The van der Waals surface area contributed by atoms with Crippen LogP contribution in [0.5, 0.6) is 5.75 Å². The molecular formula is C12H17ClO. The van der Waals surface area contributed by atoms with Gasteiger partial charge in [-0.2, -0.15) is 0 Å². The number of methoxy groups -OCH3 is 1. The first kappa shape index (κ1) is 11.4. The van der Waals surface area contributed by atoms with E-state index in [1.165, 1.54) is 16.7 Å². The van der Waals surface area contributed by atoms with Gasteiger partial charge in [-0.1, -0.05) is 6.07 Å². The van der Waals surface area contributed by atoms with E-state index in [1.807, 2.05) is 0 Å². The van der Waals surface area contributed by atoms with Crippen molar-refractivity contribution in [3.63, 3.8) is 0 Å². The van der Waals surface area contributed by atoms with E-state index >= 15 is 0 Å². The Labute approximate surface area is 91.0 Å². The first-order valence-electron chi connectivity index (χ1n) is 4.89. The number of halogens is 1. The summed E-state index contributed by atoms with van der Waals surface area (Å²) in [5.74, 6) is 1.70. The summed E-state index contributed by atoms with van der Waals surface area (Å²) in [6, 6.07) is 4.27. The fraction of sp³-hybridized carbons (Fsp3) is 0.500. The average Bonchev–Trinajstić information content (AvgIpc) is 2.15. The highest BCUT2D eigenvalue weighted by atomic mass is 35.5. The quantitative estimate of drug-likeness (QED) is 0.695. The van der Waals surface area contributed by atoms with Gasteiger partial charge in [-0.15, -0.1) is 11.6 Å². The number of benzene rings is 1. The molecule has 78 valence electrons. The monoisotopic (exact) mass is 212 g/mol. The van der Waals surface area contributed by atoms with Gasteiger partial charge in [-0.05, 0) is 49.4 Å². The molecule has 0 aliphatic carbocycles. The van der Waals surface area contributed by atoms with Crippen LogP contribution in [-0.4, -0.2) is 13.0 Å². The van der Waals surface area contributed by atoms with Gasteiger partial charge in [-0.3, -0.25) is 0 Å². The van der Waals surface area contributed by atoms with E-state index in [-0.39, 0.29) is 0 Å². The highest BCUT2D eigenvalue weighted by Gasteiger charge is 2.06. The molecule has 2 heteroatoms. The molecule has 1 aromatic rings. The maximum Gasteiger partial charge on any atom is 0.122 e. The molecule has 0 bridgehead atoms. The van der Waals surface area contributed by atoms with E-state index < -0.39 is 0 Å². The number of hydrogen-bond donors (Lipinski definition) is 0. The molecule has 0 saturated heterocycles. The van der Waals surface area contributed by atoms with Crippen molar-refractivity contribution in [3.8, 4) is 5.75 Å². The van der Waals surface area contributed by atoms with Gasteiger partial charge >= 0.3 is 0 Å². The highest BCUT2D eigenvalue weighted by molar-refractivity contribution is 6.17. The topological polar surface area (TPSA) is 9.23 Å². The summed E-state index contributed by atoms with van der Waals surface area (Å²) >= 11 is 5.69. The molecule has 0 unspecified atom stereocenters. The maximum atomic E-state index is 5.69. The van der Waals surface area contributed by atoms with Gasteiger partial charge < -0.3 is 4.74 Å². The first-order valence-corrected chi connectivity index (χ1v) is 5.42. The predicted octanol–water partition coefficient (Wildman–Crippen LogP) is 3.48. The van der Waals surface area contributed by atoms with Crippen LogP contribution < -0.4 is 4.74 Å². The van der Waals surface area contributed by atoms with Gasteiger partial charge in [0.1, 0.15) is 5.75 Å². The minimum atomic E-state index is 0.705. The molecule has 0 radical (unpaired) electrons. The van der Waals surface area contributed by atoms with Crippen LogP contribution >= 0.6 is 11.6 Å². The third-order valence-electron chi connectivity index (χ3n) is 2.36. The van der Waals surface area contributed by atoms with E-state index in [0.29, 0.717) is 5.88 Å². The van der Waals surface area contributed by atoms with Crippen molar-refractivity contribution in [1.82, 2.24) is 0 Å². The summed E-state index contributed by atoms with van der Waals surface area (Å²) in [6.45, 7) is 4.21. The molecule has 0 heterocycles. The van der Waals surface area contributed by atoms with Crippen LogP contribution in [-0.2, 0) is 6.42 Å². The number of rotatable bonds is 4. The van der Waals surface area contributed by atoms with E-state index in [2.05, 4.69) is 26.0 Å². The Morgan fingerprint density at radius 1 is 1.29 bits per heavy atom. The largest absolute Gasteiger partial charge is 0.496 e. The van der Waals surface area contributed by atoms with Gasteiger partial charge in [0.2, 0.25) is 0 Å². The van der Waals surface area contributed by atoms with Crippen LogP contribution in [0.25, 0.3) is 0 Å². The number of ether oxygens (including phenoxy) is 1. The number of hydrogen-bond acceptors (Lipinski definition) is 1. The Bertz CT molecular complexity index is 307. The van der Waals surface area contributed by atoms with Crippen LogP contribution in [0.1, 0.15) is 23.1 Å². The van der Waals surface area contributed by atoms with Crippen LogP contribution in [0, 0.1) is 13.8 Å². The van der Waals surface area contributed by atoms with Crippen molar-refractivity contribution in [2.45, 2.75) is 26.7 Å². The average molecular weight is 213 g/mol. The smallest absolute Gasteiger partial charge is 0.122 e. The fourth-order valence-electron chi connectivity index (χ4n) is 1.70. The minimum absolute atomic E-state index is 0.705. The van der Waals surface area contributed by atoms with Crippen LogP contribution in [0.4, 0.5) is 0 Å². The number of aryl methyl sites for hydroxylation is 2. The van der Waals surface area contributed by atoms with Crippen LogP contribution in [0.3, 0.4) is 0 Å². The Kier molecular flexibility index (Phi) is 4.27. The molecule has 0 atom stereocenters. The predicted molar refractivity (Wildman–Crippen MR) is 61.5 cm³/mol. The van der Waals surface area contributed by atoms with E-state index in [9.17, 15) is 0 Å². The summed E-state index contributed by atoms with van der Waals surface area (Å²) in [4.78, 5) is 0. The lowest BCUT2D eigenvalue weighted by Crippen LogP contribution is -1.97. The Hall–Kier alpha value is -0.690. The molecule has 14 heavy (non-hydrogen) atoms. The third-order valence-corrected chi connectivity index (χ3v) is 2.62. The van der Waals surface area contributed by atoms with Crippen LogP contribution in [0.2, 0.25) is 0 Å². The molecule has 1 rings (SSSR count). The Balaban J connectivity index is 2.99. The van der Waals surface area contributed by atoms with E-state index in [0.717, 1.165) is 18.6 Å². The van der Waals surface area contributed by atoms with Gasteiger partial charge in [0, 0.05) is 5.88 Å². The Morgan fingerprint density at radius 3 is 2.57 bits per heavy atom.